The van der Waals surface area contributed by atoms with Gasteiger partial charge in [-0.25, -0.2) is 0 Å². The molecule has 0 aliphatic heterocycles. The van der Waals surface area contributed by atoms with Crippen LogP contribution in [-0.2, 0) is 4.79 Å². The molecule has 0 aliphatic rings. The third-order valence-corrected chi connectivity index (χ3v) is 4.50. The minimum atomic E-state index is -0.919. The van der Waals surface area contributed by atoms with Crippen LogP contribution in [0.5, 0.6) is 0 Å². The van der Waals surface area contributed by atoms with Crippen molar-refractivity contribution in [1.29, 1.82) is 0 Å². The van der Waals surface area contributed by atoms with Crippen molar-refractivity contribution in [2.24, 2.45) is 11.7 Å². The zero-order valence-electron chi connectivity index (χ0n) is 10.1. The lowest BCUT2D eigenvalue weighted by molar-refractivity contribution is -0.139. The van der Waals surface area contributed by atoms with Gasteiger partial charge < -0.3 is 10.8 Å². The van der Waals surface area contributed by atoms with E-state index in [-0.39, 0.29) is 0 Å². The van der Waals surface area contributed by atoms with Crippen LogP contribution < -0.4 is 5.73 Å². The number of carbonyl (C=O) groups is 1. The van der Waals surface area contributed by atoms with Gasteiger partial charge in [0.15, 0.2) is 0 Å². The fourth-order valence-corrected chi connectivity index (χ4v) is 2.66. The standard InChI is InChI=1S/C11H23NO2S/c1-5-8(6-2)7-15-11(3,4)9(12)10(13)14/h8-9H,5-7,12H2,1-4H3,(H,13,14)/t9-/m1/s1. The minimum absolute atomic E-state index is 0.394. The highest BCUT2D eigenvalue weighted by molar-refractivity contribution is 8.00. The number of rotatable bonds is 7. The molecule has 15 heavy (non-hydrogen) atoms. The Morgan fingerprint density at radius 1 is 1.40 bits per heavy atom. The maximum atomic E-state index is 10.8. The molecule has 0 aromatic carbocycles. The fourth-order valence-electron chi connectivity index (χ4n) is 1.24. The van der Waals surface area contributed by atoms with E-state index in [0.29, 0.717) is 5.92 Å². The molecule has 0 bridgehead atoms. The first kappa shape index (κ1) is 14.8. The quantitative estimate of drug-likeness (QED) is 0.708. The van der Waals surface area contributed by atoms with E-state index >= 15 is 0 Å². The second kappa shape index (κ2) is 6.38. The monoisotopic (exact) mass is 233 g/mol. The molecule has 0 amide bonds. The van der Waals surface area contributed by atoms with Gasteiger partial charge in [-0.1, -0.05) is 26.7 Å². The van der Waals surface area contributed by atoms with E-state index in [1.807, 2.05) is 13.8 Å². The van der Waals surface area contributed by atoms with Gasteiger partial charge >= 0.3 is 5.97 Å². The first-order valence-corrected chi connectivity index (χ1v) is 6.46. The molecule has 3 nitrogen and oxygen atoms in total. The lowest BCUT2D eigenvalue weighted by Gasteiger charge is -2.29. The van der Waals surface area contributed by atoms with Gasteiger partial charge in [-0.3, -0.25) is 4.79 Å². The van der Waals surface area contributed by atoms with Crippen molar-refractivity contribution in [1.82, 2.24) is 0 Å². The Kier molecular flexibility index (Phi) is 6.29. The molecule has 0 rings (SSSR count). The van der Waals surface area contributed by atoms with Gasteiger partial charge in [0, 0.05) is 4.75 Å². The summed E-state index contributed by atoms with van der Waals surface area (Å²) < 4.78 is -0.394. The number of nitrogens with two attached hydrogens (primary N) is 1. The normalized spacial score (nSPS) is 14.3. The second-order valence-electron chi connectivity index (χ2n) is 4.41. The van der Waals surface area contributed by atoms with Crippen LogP contribution >= 0.6 is 11.8 Å². The average Bonchev–Trinajstić information content (AvgIpc) is 2.18. The van der Waals surface area contributed by atoms with E-state index < -0.39 is 16.8 Å². The number of hydrogen-bond donors (Lipinski definition) is 2. The Labute approximate surface area is 96.8 Å². The van der Waals surface area contributed by atoms with Crippen LogP contribution in [0.1, 0.15) is 40.5 Å². The van der Waals surface area contributed by atoms with Crippen LogP contribution in [-0.4, -0.2) is 27.6 Å². The maximum Gasteiger partial charge on any atom is 0.321 e. The highest BCUT2D eigenvalue weighted by atomic mass is 32.2. The molecule has 0 radical (unpaired) electrons. The van der Waals surface area contributed by atoms with E-state index in [4.69, 9.17) is 10.8 Å². The van der Waals surface area contributed by atoms with Gasteiger partial charge in [0.25, 0.3) is 0 Å². The minimum Gasteiger partial charge on any atom is -0.480 e. The van der Waals surface area contributed by atoms with Crippen LogP contribution in [0.4, 0.5) is 0 Å². The van der Waals surface area contributed by atoms with Crippen molar-refractivity contribution in [3.63, 3.8) is 0 Å². The Bertz CT molecular complexity index is 203. The number of carboxylic acids is 1. The van der Waals surface area contributed by atoms with E-state index in [1.54, 1.807) is 11.8 Å². The summed E-state index contributed by atoms with van der Waals surface area (Å²) >= 11 is 1.67. The average molecular weight is 233 g/mol. The largest absolute Gasteiger partial charge is 0.480 e. The first-order chi connectivity index (χ1) is 6.85. The zero-order chi connectivity index (χ0) is 12.1. The molecule has 0 aliphatic carbocycles. The molecule has 0 saturated carbocycles. The third kappa shape index (κ3) is 4.89. The topological polar surface area (TPSA) is 63.3 Å². The van der Waals surface area contributed by atoms with Gasteiger partial charge in [0.2, 0.25) is 0 Å². The molecule has 0 aromatic heterocycles. The molecule has 1 atom stereocenters. The second-order valence-corrected chi connectivity index (χ2v) is 6.09. The van der Waals surface area contributed by atoms with Gasteiger partial charge in [-0.2, -0.15) is 11.8 Å². The molecule has 0 fully saturated rings. The molecular formula is C11H23NO2S. The Hall–Kier alpha value is -0.220. The summed E-state index contributed by atoms with van der Waals surface area (Å²) in [5, 5.41) is 8.86. The summed E-state index contributed by atoms with van der Waals surface area (Å²) in [4.78, 5) is 10.8. The molecule has 0 aromatic rings. The van der Waals surface area contributed by atoms with Crippen LogP contribution in [0.3, 0.4) is 0 Å². The van der Waals surface area contributed by atoms with Crippen molar-refractivity contribution in [2.75, 3.05) is 5.75 Å². The summed E-state index contributed by atoms with van der Waals surface area (Å²) in [5.41, 5.74) is 5.64. The van der Waals surface area contributed by atoms with Gasteiger partial charge in [0.1, 0.15) is 6.04 Å². The predicted molar refractivity (Wildman–Crippen MR) is 66.2 cm³/mol. The first-order valence-electron chi connectivity index (χ1n) is 5.47. The summed E-state index contributed by atoms with van der Waals surface area (Å²) in [5.74, 6) is 0.730. The van der Waals surface area contributed by atoms with Crippen molar-refractivity contribution in [3.8, 4) is 0 Å². The van der Waals surface area contributed by atoms with Crippen molar-refractivity contribution in [2.45, 2.75) is 51.3 Å². The summed E-state index contributed by atoms with van der Waals surface area (Å²) in [7, 11) is 0. The van der Waals surface area contributed by atoms with Crippen LogP contribution in [0.15, 0.2) is 0 Å². The van der Waals surface area contributed by atoms with Crippen molar-refractivity contribution < 1.29 is 9.90 Å². The molecule has 0 saturated heterocycles. The summed E-state index contributed by atoms with van der Waals surface area (Å²) in [6.07, 6.45) is 2.28. The van der Waals surface area contributed by atoms with Crippen molar-refractivity contribution >= 4 is 17.7 Å². The third-order valence-electron chi connectivity index (χ3n) is 2.86. The number of carboxylic acid groups (broad SMARTS) is 1. The van der Waals surface area contributed by atoms with E-state index in [2.05, 4.69) is 13.8 Å². The van der Waals surface area contributed by atoms with E-state index in [0.717, 1.165) is 18.6 Å². The van der Waals surface area contributed by atoms with Crippen LogP contribution in [0.2, 0.25) is 0 Å². The molecule has 3 N–H and O–H groups in total. The van der Waals surface area contributed by atoms with Gasteiger partial charge in [0.05, 0.1) is 0 Å². The maximum absolute atomic E-state index is 10.8. The van der Waals surface area contributed by atoms with E-state index in [1.165, 1.54) is 0 Å². The zero-order valence-corrected chi connectivity index (χ0v) is 10.9. The van der Waals surface area contributed by atoms with Crippen molar-refractivity contribution in [3.05, 3.63) is 0 Å². The lowest BCUT2D eigenvalue weighted by Crippen LogP contribution is -2.47. The Balaban J connectivity index is 4.19. The van der Waals surface area contributed by atoms with Crippen LogP contribution in [0, 0.1) is 5.92 Å². The highest BCUT2D eigenvalue weighted by Gasteiger charge is 2.32. The SMILES string of the molecule is CCC(CC)CSC(C)(C)[C@H](N)C(=O)O. The number of thioether (sulfide) groups is 1. The van der Waals surface area contributed by atoms with Crippen LogP contribution in [0.25, 0.3) is 0 Å². The molecular weight excluding hydrogens is 210 g/mol. The smallest absolute Gasteiger partial charge is 0.321 e. The molecule has 0 unspecified atom stereocenters. The lowest BCUT2D eigenvalue weighted by atomic mass is 10.0. The fraction of sp³-hybridized carbons (Fsp3) is 0.909. The van der Waals surface area contributed by atoms with E-state index in [9.17, 15) is 4.79 Å². The molecule has 4 heteroatoms. The Morgan fingerprint density at radius 3 is 2.20 bits per heavy atom. The molecule has 90 valence electrons. The highest BCUT2D eigenvalue weighted by Crippen LogP contribution is 2.30. The molecule has 0 spiro atoms. The summed E-state index contributed by atoms with van der Waals surface area (Å²) in [6.45, 7) is 8.13. The molecule has 0 heterocycles. The van der Waals surface area contributed by atoms with Gasteiger partial charge in [-0.05, 0) is 25.5 Å². The summed E-state index contributed by atoms with van der Waals surface area (Å²) in [6, 6.07) is -0.795. The number of hydrogen-bond acceptors (Lipinski definition) is 3. The number of aliphatic carboxylic acids is 1. The predicted octanol–water partition coefficient (Wildman–Crippen LogP) is 2.35. The Morgan fingerprint density at radius 2 is 1.87 bits per heavy atom. The van der Waals surface area contributed by atoms with Gasteiger partial charge in [-0.15, -0.1) is 0 Å².